The quantitative estimate of drug-likeness (QED) is 0.539. The Kier molecular flexibility index (Phi) is 5.38. The lowest BCUT2D eigenvalue weighted by Gasteiger charge is -2.14. The van der Waals surface area contributed by atoms with E-state index in [-0.39, 0.29) is 11.3 Å². The summed E-state index contributed by atoms with van der Waals surface area (Å²) in [4.78, 5) is 16.7. The van der Waals surface area contributed by atoms with Crippen LogP contribution in [0.5, 0.6) is 0 Å². The van der Waals surface area contributed by atoms with Crippen LogP contribution in [-0.4, -0.2) is 41.2 Å². The molecule has 0 spiro atoms. The number of hydrogen-bond acceptors (Lipinski definition) is 5. The molecule has 13 heavy (non-hydrogen) atoms. The monoisotopic (exact) mass is 239 g/mol. The molecule has 0 aromatic heterocycles. The van der Waals surface area contributed by atoms with Crippen molar-refractivity contribution >= 4 is 39.3 Å². The fraction of sp³-hybridized carbons (Fsp3) is 0.857. The zero-order chi connectivity index (χ0) is 9.68. The molecule has 1 amide bonds. The Morgan fingerprint density at radius 2 is 2.38 bits per heavy atom. The van der Waals surface area contributed by atoms with Gasteiger partial charge in [-0.15, -0.1) is 11.8 Å². The third-order valence-corrected chi connectivity index (χ3v) is 4.19. The van der Waals surface area contributed by atoms with E-state index in [0.717, 1.165) is 5.75 Å². The summed E-state index contributed by atoms with van der Waals surface area (Å²) in [7, 11) is 3.45. The average molecular weight is 239 g/mol. The highest BCUT2D eigenvalue weighted by Gasteiger charge is 2.29. The number of rotatable bonds is 5. The number of thioether (sulfide) groups is 1. The summed E-state index contributed by atoms with van der Waals surface area (Å²) in [6, 6.07) is 0. The van der Waals surface area contributed by atoms with E-state index < -0.39 is 0 Å². The van der Waals surface area contributed by atoms with Crippen LogP contribution in [0.3, 0.4) is 0 Å². The van der Waals surface area contributed by atoms with Crippen LogP contribution in [0.4, 0.5) is 0 Å². The molecule has 1 rings (SSSR count). The topological polar surface area (TPSA) is 29.5 Å². The highest BCUT2D eigenvalue weighted by atomic mass is 33.1. The minimum atomic E-state index is 0.0341. The van der Waals surface area contributed by atoms with E-state index in [1.165, 1.54) is 5.06 Å². The average Bonchev–Trinajstić information content (AvgIpc) is 2.48. The molecule has 0 aromatic rings. The van der Waals surface area contributed by atoms with Gasteiger partial charge in [0, 0.05) is 5.75 Å². The summed E-state index contributed by atoms with van der Waals surface area (Å²) in [5, 5.41) is 1.49. The first-order valence-electron chi connectivity index (χ1n) is 3.93. The number of hydrogen-bond donors (Lipinski definition) is 0. The summed E-state index contributed by atoms with van der Waals surface area (Å²) < 4.78 is 0. The first-order valence-corrected chi connectivity index (χ1v) is 7.95. The molecule has 1 unspecified atom stereocenters. The Labute approximate surface area is 90.7 Å². The molecule has 0 aliphatic carbocycles. The Balaban J connectivity index is 2.23. The third kappa shape index (κ3) is 3.61. The smallest absolute Gasteiger partial charge is 0.249 e. The molecule has 0 bridgehead atoms. The van der Waals surface area contributed by atoms with Crippen LogP contribution in [0.15, 0.2) is 0 Å². The molecular weight excluding hydrogens is 226 g/mol. The summed E-state index contributed by atoms with van der Waals surface area (Å²) in [5.41, 5.74) is 0.0341. The molecule has 76 valence electrons. The first kappa shape index (κ1) is 11.6. The Morgan fingerprint density at radius 3 is 2.92 bits per heavy atom. The van der Waals surface area contributed by atoms with Crippen molar-refractivity contribution in [2.75, 3.05) is 24.8 Å². The second-order valence-electron chi connectivity index (χ2n) is 2.46. The van der Waals surface area contributed by atoms with E-state index >= 15 is 0 Å². The van der Waals surface area contributed by atoms with Crippen molar-refractivity contribution in [2.45, 2.75) is 11.9 Å². The molecule has 6 heteroatoms. The van der Waals surface area contributed by atoms with Crippen molar-refractivity contribution in [1.29, 1.82) is 0 Å². The van der Waals surface area contributed by atoms with Crippen LogP contribution in [0.2, 0.25) is 0 Å². The molecule has 0 radical (unpaired) electrons. The van der Waals surface area contributed by atoms with Gasteiger partial charge in [-0.25, -0.2) is 5.06 Å². The zero-order valence-electron chi connectivity index (χ0n) is 7.69. The Bertz CT molecular complexity index is 179. The van der Waals surface area contributed by atoms with Crippen LogP contribution in [0, 0.1) is 0 Å². The van der Waals surface area contributed by atoms with Gasteiger partial charge in [-0.3, -0.25) is 9.63 Å². The normalized spacial score (nSPS) is 22.8. The highest BCUT2D eigenvalue weighted by molar-refractivity contribution is 8.76. The van der Waals surface area contributed by atoms with Crippen LogP contribution in [0.1, 0.15) is 6.42 Å². The van der Waals surface area contributed by atoms with E-state index in [2.05, 4.69) is 0 Å². The molecule has 0 N–H and O–H groups in total. The van der Waals surface area contributed by atoms with Crippen LogP contribution < -0.4 is 0 Å². The Morgan fingerprint density at radius 1 is 1.62 bits per heavy atom. The lowest BCUT2D eigenvalue weighted by atomic mass is 10.4. The van der Waals surface area contributed by atoms with E-state index in [9.17, 15) is 4.79 Å². The predicted octanol–water partition coefficient (Wildman–Crippen LogP) is 1.85. The van der Waals surface area contributed by atoms with Crippen molar-refractivity contribution in [3.8, 4) is 0 Å². The largest absolute Gasteiger partial charge is 0.272 e. The fourth-order valence-electron chi connectivity index (χ4n) is 0.990. The maximum absolute atomic E-state index is 11.3. The van der Waals surface area contributed by atoms with Crippen molar-refractivity contribution < 1.29 is 9.63 Å². The van der Waals surface area contributed by atoms with Gasteiger partial charge in [-0.2, -0.15) is 0 Å². The molecule has 1 aliphatic rings. The van der Waals surface area contributed by atoms with Crippen molar-refractivity contribution in [2.24, 2.45) is 0 Å². The van der Waals surface area contributed by atoms with E-state index in [0.29, 0.717) is 13.0 Å². The van der Waals surface area contributed by atoms with Gasteiger partial charge in [0.1, 0.15) is 5.44 Å². The molecule has 1 saturated heterocycles. The first-order chi connectivity index (χ1) is 6.27. The van der Waals surface area contributed by atoms with E-state index in [1.807, 2.05) is 12.5 Å². The lowest BCUT2D eigenvalue weighted by molar-refractivity contribution is -0.162. The lowest BCUT2D eigenvalue weighted by Crippen LogP contribution is -2.25. The van der Waals surface area contributed by atoms with Crippen LogP contribution in [-0.2, 0) is 9.63 Å². The molecule has 3 nitrogen and oxygen atoms in total. The highest BCUT2D eigenvalue weighted by Crippen LogP contribution is 2.24. The van der Waals surface area contributed by atoms with Gasteiger partial charge in [0.2, 0.25) is 5.91 Å². The molecular formula is C7H13NO2S3. The molecule has 1 heterocycles. The van der Waals surface area contributed by atoms with Gasteiger partial charge in [-0.05, 0) is 12.5 Å². The van der Waals surface area contributed by atoms with Gasteiger partial charge >= 0.3 is 0 Å². The summed E-state index contributed by atoms with van der Waals surface area (Å²) in [6.07, 6.45) is 4.51. The number of hydroxylamine groups is 2. The van der Waals surface area contributed by atoms with Crippen molar-refractivity contribution in [3.05, 3.63) is 0 Å². The zero-order valence-corrected chi connectivity index (χ0v) is 10.1. The minimum Gasteiger partial charge on any atom is -0.272 e. The maximum Gasteiger partial charge on any atom is 0.249 e. The molecule has 1 atom stereocenters. The minimum absolute atomic E-state index is 0.0341. The second-order valence-corrected chi connectivity index (χ2v) is 6.14. The maximum atomic E-state index is 11.3. The fourth-order valence-corrected chi connectivity index (χ4v) is 2.62. The van der Waals surface area contributed by atoms with Gasteiger partial charge in [0.15, 0.2) is 0 Å². The molecule has 1 fully saturated rings. The molecule has 0 saturated carbocycles. The summed E-state index contributed by atoms with van der Waals surface area (Å²) in [5.74, 6) is 1.04. The Hall–Kier alpha value is 0.480. The number of carbonyl (C=O) groups is 1. The van der Waals surface area contributed by atoms with Gasteiger partial charge in [0.05, 0.1) is 13.0 Å². The molecule has 1 aliphatic heterocycles. The summed E-state index contributed by atoms with van der Waals surface area (Å²) in [6.45, 7) is 0.696. The number of amides is 1. The van der Waals surface area contributed by atoms with Crippen molar-refractivity contribution in [1.82, 2.24) is 5.06 Å². The summed E-state index contributed by atoms with van der Waals surface area (Å²) >= 11 is 1.58. The van der Waals surface area contributed by atoms with Gasteiger partial charge in [0.25, 0.3) is 0 Å². The van der Waals surface area contributed by atoms with Crippen LogP contribution >= 0.6 is 33.3 Å². The SMILES string of the molecule is CSSCCN1OC(SC)CC1=O. The van der Waals surface area contributed by atoms with Gasteiger partial charge in [-0.1, -0.05) is 21.6 Å². The molecule has 0 aromatic carbocycles. The number of nitrogens with zero attached hydrogens (tertiary/aromatic N) is 1. The van der Waals surface area contributed by atoms with E-state index in [4.69, 9.17) is 4.84 Å². The predicted molar refractivity (Wildman–Crippen MR) is 60.7 cm³/mol. The van der Waals surface area contributed by atoms with Crippen molar-refractivity contribution in [3.63, 3.8) is 0 Å². The van der Waals surface area contributed by atoms with Gasteiger partial charge < -0.3 is 0 Å². The third-order valence-electron chi connectivity index (χ3n) is 1.62. The van der Waals surface area contributed by atoms with Crippen LogP contribution in [0.25, 0.3) is 0 Å². The number of carbonyl (C=O) groups excluding carboxylic acids is 1. The van der Waals surface area contributed by atoms with E-state index in [1.54, 1.807) is 33.3 Å². The standard InChI is InChI=1S/C7H13NO2S3/c1-11-7-5-6(9)8(10-7)3-4-13-12-2/h7H,3-5H2,1-2H3. The second kappa shape index (κ2) is 6.06.